The van der Waals surface area contributed by atoms with Crippen molar-refractivity contribution >= 4 is 0 Å². The van der Waals surface area contributed by atoms with Crippen LogP contribution in [0, 0.1) is 11.3 Å². The number of nitrogens with zero attached hydrogens (tertiary/aromatic N) is 2. The van der Waals surface area contributed by atoms with E-state index in [0.717, 1.165) is 19.3 Å². The molecule has 110 valence electrons. The van der Waals surface area contributed by atoms with E-state index in [1.165, 1.54) is 12.1 Å². The third kappa shape index (κ3) is 6.21. The fourth-order valence-electron chi connectivity index (χ4n) is 2.85. The Kier molecular flexibility index (Phi) is 6.01. The van der Waals surface area contributed by atoms with Crippen molar-refractivity contribution in [3.8, 4) is 0 Å². The van der Waals surface area contributed by atoms with Crippen LogP contribution in [0.15, 0.2) is 12.3 Å². The summed E-state index contributed by atoms with van der Waals surface area (Å²) in [6, 6.07) is 2.46. The third-order valence-electron chi connectivity index (χ3n) is 3.55. The standard InChI is InChI=1S/C15H30N4/c1-12(11-15(2,3)4)10-13(18-16)6-7-14-8-9-17-19(14)5/h8-9,12-13,18H,6-7,10-11,16H2,1-5H3. The Hall–Kier alpha value is -0.870. The minimum absolute atomic E-state index is 0.382. The largest absolute Gasteiger partial charge is 0.273 e. The summed E-state index contributed by atoms with van der Waals surface area (Å²) in [6.45, 7) is 9.21. The van der Waals surface area contributed by atoms with E-state index in [-0.39, 0.29) is 0 Å². The topological polar surface area (TPSA) is 55.9 Å². The van der Waals surface area contributed by atoms with Crippen LogP contribution < -0.4 is 11.3 Å². The molecule has 1 aromatic rings. The second-order valence-electron chi connectivity index (χ2n) is 6.95. The number of hydrogen-bond acceptors (Lipinski definition) is 3. The molecule has 0 amide bonds. The van der Waals surface area contributed by atoms with Gasteiger partial charge in [0.05, 0.1) is 0 Å². The number of aryl methyl sites for hydroxylation is 2. The molecule has 0 aliphatic rings. The van der Waals surface area contributed by atoms with Crippen LogP contribution in [0.2, 0.25) is 0 Å². The monoisotopic (exact) mass is 266 g/mol. The van der Waals surface area contributed by atoms with Gasteiger partial charge in [0, 0.05) is 25.0 Å². The molecule has 1 rings (SSSR count). The van der Waals surface area contributed by atoms with Crippen LogP contribution in [-0.2, 0) is 13.5 Å². The van der Waals surface area contributed by atoms with Gasteiger partial charge in [0.1, 0.15) is 0 Å². The first-order chi connectivity index (χ1) is 8.81. The van der Waals surface area contributed by atoms with Gasteiger partial charge >= 0.3 is 0 Å². The van der Waals surface area contributed by atoms with Crippen molar-refractivity contribution in [3.63, 3.8) is 0 Å². The Balaban J connectivity index is 2.39. The van der Waals surface area contributed by atoms with Gasteiger partial charge in [-0.1, -0.05) is 27.7 Å². The summed E-state index contributed by atoms with van der Waals surface area (Å²) in [4.78, 5) is 0. The van der Waals surface area contributed by atoms with E-state index < -0.39 is 0 Å². The van der Waals surface area contributed by atoms with Crippen LogP contribution in [0.25, 0.3) is 0 Å². The molecular weight excluding hydrogens is 236 g/mol. The number of rotatable bonds is 7. The second-order valence-corrected chi connectivity index (χ2v) is 6.95. The SMILES string of the molecule is CC(CC(CCc1ccnn1C)NN)CC(C)(C)C. The van der Waals surface area contributed by atoms with Crippen molar-refractivity contribution in [2.75, 3.05) is 0 Å². The van der Waals surface area contributed by atoms with E-state index in [1.54, 1.807) is 0 Å². The lowest BCUT2D eigenvalue weighted by molar-refractivity contribution is 0.271. The Morgan fingerprint density at radius 1 is 1.42 bits per heavy atom. The highest BCUT2D eigenvalue weighted by Gasteiger charge is 2.18. The molecule has 4 heteroatoms. The average molecular weight is 266 g/mol. The van der Waals surface area contributed by atoms with Gasteiger partial charge in [-0.25, -0.2) is 0 Å². The highest BCUT2D eigenvalue weighted by atomic mass is 15.3. The zero-order chi connectivity index (χ0) is 14.5. The zero-order valence-electron chi connectivity index (χ0n) is 13.1. The lowest BCUT2D eigenvalue weighted by Gasteiger charge is -2.26. The summed E-state index contributed by atoms with van der Waals surface area (Å²) >= 11 is 0. The van der Waals surface area contributed by atoms with Crippen molar-refractivity contribution < 1.29 is 0 Å². The molecule has 0 fully saturated rings. The van der Waals surface area contributed by atoms with Gasteiger partial charge in [-0.2, -0.15) is 5.10 Å². The van der Waals surface area contributed by atoms with Gasteiger partial charge in [-0.05, 0) is 43.1 Å². The van der Waals surface area contributed by atoms with Crippen molar-refractivity contribution in [2.45, 2.75) is 59.4 Å². The predicted molar refractivity (Wildman–Crippen MR) is 80.5 cm³/mol. The molecule has 3 N–H and O–H groups in total. The van der Waals surface area contributed by atoms with Gasteiger partial charge in [0.2, 0.25) is 0 Å². The maximum Gasteiger partial charge on any atom is 0.0492 e. The summed E-state index contributed by atoms with van der Waals surface area (Å²) in [5, 5.41) is 4.19. The fourth-order valence-corrected chi connectivity index (χ4v) is 2.85. The molecule has 19 heavy (non-hydrogen) atoms. The highest BCUT2D eigenvalue weighted by Crippen LogP contribution is 2.27. The molecule has 0 spiro atoms. The number of nitrogens with two attached hydrogens (primary N) is 1. The van der Waals surface area contributed by atoms with Crippen LogP contribution in [-0.4, -0.2) is 15.8 Å². The van der Waals surface area contributed by atoms with Crippen molar-refractivity contribution in [3.05, 3.63) is 18.0 Å². The van der Waals surface area contributed by atoms with Crippen LogP contribution in [0.1, 0.15) is 52.7 Å². The van der Waals surface area contributed by atoms with Crippen molar-refractivity contribution in [1.82, 2.24) is 15.2 Å². The van der Waals surface area contributed by atoms with Crippen LogP contribution in [0.4, 0.5) is 0 Å². The smallest absolute Gasteiger partial charge is 0.0492 e. The summed E-state index contributed by atoms with van der Waals surface area (Å²) in [7, 11) is 1.99. The van der Waals surface area contributed by atoms with E-state index in [1.807, 2.05) is 17.9 Å². The van der Waals surface area contributed by atoms with E-state index in [9.17, 15) is 0 Å². The quantitative estimate of drug-likeness (QED) is 0.589. The number of hydrazine groups is 1. The fraction of sp³-hybridized carbons (Fsp3) is 0.800. The van der Waals surface area contributed by atoms with Gasteiger partial charge in [-0.15, -0.1) is 0 Å². The van der Waals surface area contributed by atoms with Crippen molar-refractivity contribution in [1.29, 1.82) is 0 Å². The molecule has 2 unspecified atom stereocenters. The molecule has 1 heterocycles. The molecule has 1 aromatic heterocycles. The average Bonchev–Trinajstić information content (AvgIpc) is 2.67. The van der Waals surface area contributed by atoms with Gasteiger partial charge in [-0.3, -0.25) is 16.0 Å². The predicted octanol–water partition coefficient (Wildman–Crippen LogP) is 2.65. The first-order valence-electron chi connectivity index (χ1n) is 7.25. The highest BCUT2D eigenvalue weighted by molar-refractivity contribution is 5.00. The van der Waals surface area contributed by atoms with E-state index in [0.29, 0.717) is 17.4 Å². The zero-order valence-corrected chi connectivity index (χ0v) is 13.1. The number of nitrogens with one attached hydrogen (secondary N) is 1. The van der Waals surface area contributed by atoms with E-state index >= 15 is 0 Å². The lowest BCUT2D eigenvalue weighted by atomic mass is 9.82. The number of hydrogen-bond donors (Lipinski definition) is 2. The maximum atomic E-state index is 5.69. The summed E-state index contributed by atoms with van der Waals surface area (Å²) in [5.41, 5.74) is 4.63. The minimum atomic E-state index is 0.382. The lowest BCUT2D eigenvalue weighted by Crippen LogP contribution is -2.37. The molecule has 0 saturated heterocycles. The first kappa shape index (κ1) is 16.2. The molecular formula is C15H30N4. The molecule has 2 atom stereocenters. The van der Waals surface area contributed by atoms with Gasteiger partial charge < -0.3 is 0 Å². The Bertz CT molecular complexity index is 364. The molecule has 4 nitrogen and oxygen atoms in total. The maximum absolute atomic E-state index is 5.69. The van der Waals surface area contributed by atoms with E-state index in [2.05, 4.69) is 44.3 Å². The van der Waals surface area contributed by atoms with Crippen LogP contribution in [0.5, 0.6) is 0 Å². The van der Waals surface area contributed by atoms with E-state index in [4.69, 9.17) is 5.84 Å². The molecule has 0 aliphatic carbocycles. The van der Waals surface area contributed by atoms with Crippen LogP contribution in [0.3, 0.4) is 0 Å². The van der Waals surface area contributed by atoms with Gasteiger partial charge in [0.25, 0.3) is 0 Å². The minimum Gasteiger partial charge on any atom is -0.273 e. The van der Waals surface area contributed by atoms with Crippen molar-refractivity contribution in [2.24, 2.45) is 24.2 Å². The summed E-state index contributed by atoms with van der Waals surface area (Å²) in [5.74, 6) is 6.38. The Morgan fingerprint density at radius 3 is 2.58 bits per heavy atom. The molecule has 0 aliphatic heterocycles. The molecule has 0 bridgehead atoms. The third-order valence-corrected chi connectivity index (χ3v) is 3.55. The van der Waals surface area contributed by atoms with Gasteiger partial charge in [0.15, 0.2) is 0 Å². The summed E-state index contributed by atoms with van der Waals surface area (Å²) in [6.07, 6.45) is 6.29. The molecule has 0 aromatic carbocycles. The van der Waals surface area contributed by atoms with Crippen LogP contribution >= 0.6 is 0 Å². The second kappa shape index (κ2) is 7.06. The Morgan fingerprint density at radius 2 is 2.11 bits per heavy atom. The normalized spacial score (nSPS) is 15.5. The molecule has 0 radical (unpaired) electrons. The molecule has 0 saturated carbocycles. The summed E-state index contributed by atoms with van der Waals surface area (Å²) < 4.78 is 1.94. The number of aromatic nitrogens is 2. The first-order valence-corrected chi connectivity index (χ1v) is 7.25. The Labute approximate surface area is 117 Å².